The zero-order chi connectivity index (χ0) is 14.8. The van der Waals surface area contributed by atoms with E-state index in [9.17, 15) is 13.2 Å². The van der Waals surface area contributed by atoms with Gasteiger partial charge in [-0.15, -0.1) is 12.4 Å². The van der Waals surface area contributed by atoms with Gasteiger partial charge in [0.25, 0.3) is 0 Å². The van der Waals surface area contributed by atoms with Crippen LogP contribution in [0.2, 0.25) is 0 Å². The standard InChI is InChI=1S/C13H19N3O3S.ClH/c1-20(18,19)16-11-6-4-10(5-7-11)15-12(17)13(14)8-2-3-9-13;/h4-7,16H,2-3,8-9,14H2,1H3,(H,15,17);1H. The molecule has 0 atom stereocenters. The summed E-state index contributed by atoms with van der Waals surface area (Å²) in [4.78, 5) is 12.1. The lowest BCUT2D eigenvalue weighted by atomic mass is 9.98. The minimum absolute atomic E-state index is 0. The zero-order valence-corrected chi connectivity index (χ0v) is 13.4. The van der Waals surface area contributed by atoms with Crippen LogP contribution < -0.4 is 15.8 Å². The molecule has 0 bridgehead atoms. The molecular formula is C13H20ClN3O3S. The summed E-state index contributed by atoms with van der Waals surface area (Å²) in [6.07, 6.45) is 4.43. The molecule has 118 valence electrons. The maximum atomic E-state index is 12.1. The van der Waals surface area contributed by atoms with Gasteiger partial charge in [0.05, 0.1) is 11.8 Å². The van der Waals surface area contributed by atoms with Gasteiger partial charge in [-0.2, -0.15) is 0 Å². The highest BCUT2D eigenvalue weighted by Crippen LogP contribution is 2.28. The highest BCUT2D eigenvalue weighted by atomic mass is 35.5. The monoisotopic (exact) mass is 333 g/mol. The largest absolute Gasteiger partial charge is 0.324 e. The molecule has 0 unspecified atom stereocenters. The maximum absolute atomic E-state index is 12.1. The van der Waals surface area contributed by atoms with Crippen molar-refractivity contribution in [1.29, 1.82) is 0 Å². The molecule has 0 aromatic heterocycles. The minimum Gasteiger partial charge on any atom is -0.324 e. The summed E-state index contributed by atoms with van der Waals surface area (Å²) in [6.45, 7) is 0. The summed E-state index contributed by atoms with van der Waals surface area (Å²) in [5, 5.41) is 2.77. The van der Waals surface area contributed by atoms with E-state index >= 15 is 0 Å². The van der Waals surface area contributed by atoms with Gasteiger partial charge in [-0.05, 0) is 37.1 Å². The maximum Gasteiger partial charge on any atom is 0.244 e. The number of rotatable bonds is 4. The Kier molecular flexibility index (Phi) is 5.61. The highest BCUT2D eigenvalue weighted by Gasteiger charge is 2.36. The summed E-state index contributed by atoms with van der Waals surface area (Å²) in [5.41, 5.74) is 6.34. The molecule has 21 heavy (non-hydrogen) atoms. The fourth-order valence-electron chi connectivity index (χ4n) is 2.32. The topological polar surface area (TPSA) is 101 Å². The van der Waals surface area contributed by atoms with Crippen molar-refractivity contribution in [3.63, 3.8) is 0 Å². The summed E-state index contributed by atoms with van der Waals surface area (Å²) in [6, 6.07) is 6.47. The summed E-state index contributed by atoms with van der Waals surface area (Å²) in [5.74, 6) is -0.182. The number of nitrogens with two attached hydrogens (primary N) is 1. The summed E-state index contributed by atoms with van der Waals surface area (Å²) in [7, 11) is -3.29. The molecule has 1 aliphatic carbocycles. The lowest BCUT2D eigenvalue weighted by molar-refractivity contribution is -0.121. The molecule has 1 amide bonds. The lowest BCUT2D eigenvalue weighted by Gasteiger charge is -2.22. The van der Waals surface area contributed by atoms with Crippen LogP contribution in [0.5, 0.6) is 0 Å². The third-order valence-electron chi connectivity index (χ3n) is 3.39. The highest BCUT2D eigenvalue weighted by molar-refractivity contribution is 7.92. The molecule has 0 heterocycles. The van der Waals surface area contributed by atoms with Crippen LogP contribution in [0.3, 0.4) is 0 Å². The first-order valence-electron chi connectivity index (χ1n) is 6.47. The van der Waals surface area contributed by atoms with Crippen molar-refractivity contribution in [2.75, 3.05) is 16.3 Å². The number of hydrogen-bond acceptors (Lipinski definition) is 4. The van der Waals surface area contributed by atoms with Crippen LogP contribution in [0.25, 0.3) is 0 Å². The molecule has 0 radical (unpaired) electrons. The molecule has 1 saturated carbocycles. The van der Waals surface area contributed by atoms with Gasteiger partial charge < -0.3 is 11.1 Å². The summed E-state index contributed by atoms with van der Waals surface area (Å²) >= 11 is 0. The Balaban J connectivity index is 0.00000220. The van der Waals surface area contributed by atoms with Crippen molar-refractivity contribution in [2.24, 2.45) is 5.73 Å². The summed E-state index contributed by atoms with van der Waals surface area (Å²) < 4.78 is 24.5. The number of benzene rings is 1. The van der Waals surface area contributed by atoms with Crippen LogP contribution in [-0.4, -0.2) is 26.1 Å². The Hall–Kier alpha value is -1.31. The molecule has 1 fully saturated rings. The number of amides is 1. The Morgan fingerprint density at radius 1 is 1.14 bits per heavy atom. The Labute approximate surface area is 130 Å². The van der Waals surface area contributed by atoms with Crippen molar-refractivity contribution >= 4 is 39.7 Å². The van der Waals surface area contributed by atoms with Crippen LogP contribution in [-0.2, 0) is 14.8 Å². The molecule has 1 aromatic rings. The second-order valence-corrected chi connectivity index (χ2v) is 7.02. The number of nitrogens with one attached hydrogen (secondary N) is 2. The fraction of sp³-hybridized carbons (Fsp3) is 0.462. The van der Waals surface area contributed by atoms with Gasteiger partial charge in [-0.3, -0.25) is 9.52 Å². The SMILES string of the molecule is CS(=O)(=O)Nc1ccc(NC(=O)C2(N)CCCC2)cc1.Cl. The predicted molar refractivity (Wildman–Crippen MR) is 86.2 cm³/mol. The van der Waals surface area contributed by atoms with Gasteiger partial charge in [-0.1, -0.05) is 12.8 Å². The first-order valence-corrected chi connectivity index (χ1v) is 8.36. The Morgan fingerprint density at radius 2 is 1.62 bits per heavy atom. The molecule has 8 heteroatoms. The van der Waals surface area contributed by atoms with Crippen molar-refractivity contribution in [3.05, 3.63) is 24.3 Å². The molecule has 4 N–H and O–H groups in total. The van der Waals surface area contributed by atoms with E-state index in [1.165, 1.54) is 0 Å². The zero-order valence-electron chi connectivity index (χ0n) is 11.8. The van der Waals surface area contributed by atoms with Crippen molar-refractivity contribution in [3.8, 4) is 0 Å². The average molecular weight is 334 g/mol. The van der Waals surface area contributed by atoms with Crippen molar-refractivity contribution < 1.29 is 13.2 Å². The van der Waals surface area contributed by atoms with E-state index in [0.29, 0.717) is 24.2 Å². The molecule has 1 aromatic carbocycles. The van der Waals surface area contributed by atoms with Crippen LogP contribution in [0.15, 0.2) is 24.3 Å². The number of carbonyl (C=O) groups is 1. The van der Waals surface area contributed by atoms with Crippen LogP contribution >= 0.6 is 12.4 Å². The number of halogens is 1. The van der Waals surface area contributed by atoms with Gasteiger partial charge in [0, 0.05) is 11.4 Å². The third kappa shape index (κ3) is 4.87. The van der Waals surface area contributed by atoms with E-state index < -0.39 is 15.6 Å². The average Bonchev–Trinajstić information content (AvgIpc) is 2.78. The third-order valence-corrected chi connectivity index (χ3v) is 4.00. The number of hydrogen-bond donors (Lipinski definition) is 3. The van der Waals surface area contributed by atoms with E-state index in [1.54, 1.807) is 24.3 Å². The number of carbonyl (C=O) groups excluding carboxylic acids is 1. The van der Waals surface area contributed by atoms with Crippen LogP contribution in [0.4, 0.5) is 11.4 Å². The second kappa shape index (κ2) is 6.64. The van der Waals surface area contributed by atoms with Gasteiger partial charge in [0.15, 0.2) is 0 Å². The van der Waals surface area contributed by atoms with E-state index in [2.05, 4.69) is 10.0 Å². The molecule has 0 spiro atoms. The molecule has 0 aliphatic heterocycles. The Bertz CT molecular complexity index is 596. The smallest absolute Gasteiger partial charge is 0.244 e. The normalized spacial score (nSPS) is 16.9. The quantitative estimate of drug-likeness (QED) is 0.780. The molecule has 0 saturated heterocycles. The van der Waals surface area contributed by atoms with Crippen LogP contribution in [0, 0.1) is 0 Å². The van der Waals surface area contributed by atoms with Crippen molar-refractivity contribution in [1.82, 2.24) is 0 Å². The number of sulfonamides is 1. The molecule has 6 nitrogen and oxygen atoms in total. The first kappa shape index (κ1) is 17.7. The second-order valence-electron chi connectivity index (χ2n) is 5.27. The number of anilines is 2. The lowest BCUT2D eigenvalue weighted by Crippen LogP contribution is -2.48. The molecular weight excluding hydrogens is 314 g/mol. The Morgan fingerprint density at radius 3 is 2.10 bits per heavy atom. The first-order chi connectivity index (χ1) is 9.28. The predicted octanol–water partition coefficient (Wildman–Crippen LogP) is 1.69. The molecule has 1 aliphatic rings. The molecule has 2 rings (SSSR count). The van der Waals surface area contributed by atoms with E-state index in [0.717, 1.165) is 19.1 Å². The van der Waals surface area contributed by atoms with E-state index in [1.807, 2.05) is 0 Å². The van der Waals surface area contributed by atoms with E-state index in [-0.39, 0.29) is 18.3 Å². The van der Waals surface area contributed by atoms with Gasteiger partial charge in [-0.25, -0.2) is 8.42 Å². The van der Waals surface area contributed by atoms with Gasteiger partial charge in [0.2, 0.25) is 15.9 Å². The fourth-order valence-corrected chi connectivity index (χ4v) is 2.89. The minimum atomic E-state index is -3.29. The van der Waals surface area contributed by atoms with Crippen molar-refractivity contribution in [2.45, 2.75) is 31.2 Å². The van der Waals surface area contributed by atoms with Gasteiger partial charge in [0.1, 0.15) is 0 Å². The van der Waals surface area contributed by atoms with Crippen LogP contribution in [0.1, 0.15) is 25.7 Å². The van der Waals surface area contributed by atoms with Gasteiger partial charge >= 0.3 is 0 Å². The van der Waals surface area contributed by atoms with E-state index in [4.69, 9.17) is 5.73 Å².